The number of nitrogens with zero attached hydrogens (tertiary/aromatic N) is 5. The van der Waals surface area contributed by atoms with Crippen molar-refractivity contribution in [2.45, 2.75) is 25.8 Å². The Kier molecular flexibility index (Phi) is 3.72. The Morgan fingerprint density at radius 1 is 1.45 bits per heavy atom. The highest BCUT2D eigenvalue weighted by Gasteiger charge is 2.33. The zero-order valence-electron chi connectivity index (χ0n) is 13.1. The number of ether oxygens (including phenoxy) is 1. The summed E-state index contributed by atoms with van der Waals surface area (Å²) in [4.78, 5) is 6.63. The molecule has 22 heavy (non-hydrogen) atoms. The van der Waals surface area contributed by atoms with Crippen LogP contribution in [0.2, 0.25) is 0 Å². The number of hydrogen-bond acceptors (Lipinski definition) is 5. The molecule has 0 bridgehead atoms. The molecule has 114 valence electrons. The molecule has 1 aliphatic heterocycles. The number of pyridine rings is 1. The number of rotatable bonds is 3. The van der Waals surface area contributed by atoms with Gasteiger partial charge in [0.05, 0.1) is 30.0 Å². The van der Waals surface area contributed by atoms with Crippen LogP contribution in [0.4, 0.5) is 5.82 Å². The van der Waals surface area contributed by atoms with E-state index in [9.17, 15) is 5.26 Å². The molecular formula is C16H19N5O. The van der Waals surface area contributed by atoms with E-state index in [0.717, 1.165) is 42.3 Å². The Bertz CT molecular complexity index is 731. The fourth-order valence-corrected chi connectivity index (χ4v) is 3.31. The molecule has 0 aromatic carbocycles. The molecule has 1 aliphatic rings. The summed E-state index contributed by atoms with van der Waals surface area (Å²) < 4.78 is 7.31. The van der Waals surface area contributed by atoms with Gasteiger partial charge in [-0.05, 0) is 31.9 Å². The first-order valence-electron chi connectivity index (χ1n) is 7.36. The average molecular weight is 297 g/mol. The normalized spacial score (nSPS) is 17.5. The second-order valence-corrected chi connectivity index (χ2v) is 5.47. The van der Waals surface area contributed by atoms with Gasteiger partial charge < -0.3 is 9.64 Å². The predicted molar refractivity (Wildman–Crippen MR) is 82.8 cm³/mol. The van der Waals surface area contributed by atoms with Crippen molar-refractivity contribution in [2.24, 2.45) is 7.05 Å². The van der Waals surface area contributed by atoms with Gasteiger partial charge in [0, 0.05) is 19.8 Å². The van der Waals surface area contributed by atoms with Crippen molar-refractivity contribution in [2.75, 3.05) is 18.6 Å². The van der Waals surface area contributed by atoms with Crippen LogP contribution >= 0.6 is 0 Å². The smallest absolute Gasteiger partial charge is 0.216 e. The molecule has 2 aromatic rings. The third-order valence-electron chi connectivity index (χ3n) is 4.17. The lowest BCUT2D eigenvalue weighted by atomic mass is 10.0. The maximum absolute atomic E-state index is 9.34. The molecular weight excluding hydrogens is 278 g/mol. The Morgan fingerprint density at radius 2 is 2.27 bits per heavy atom. The first-order chi connectivity index (χ1) is 10.7. The predicted octanol–water partition coefficient (Wildman–Crippen LogP) is 2.35. The van der Waals surface area contributed by atoms with Crippen LogP contribution in [-0.2, 0) is 7.05 Å². The first-order valence-corrected chi connectivity index (χ1v) is 7.36. The van der Waals surface area contributed by atoms with Gasteiger partial charge in [0.15, 0.2) is 0 Å². The lowest BCUT2D eigenvalue weighted by Gasteiger charge is -2.26. The molecule has 1 atom stereocenters. The van der Waals surface area contributed by atoms with Crippen molar-refractivity contribution in [3.63, 3.8) is 0 Å². The number of methoxy groups -OCH3 is 1. The number of aryl methyl sites for hydroxylation is 2. The van der Waals surface area contributed by atoms with Gasteiger partial charge in [0.25, 0.3) is 0 Å². The van der Waals surface area contributed by atoms with E-state index in [2.05, 4.69) is 21.1 Å². The third kappa shape index (κ3) is 2.19. The highest BCUT2D eigenvalue weighted by Crippen LogP contribution is 2.41. The third-order valence-corrected chi connectivity index (χ3v) is 4.17. The lowest BCUT2D eigenvalue weighted by Crippen LogP contribution is -2.25. The molecule has 0 aliphatic carbocycles. The highest BCUT2D eigenvalue weighted by atomic mass is 16.5. The second kappa shape index (κ2) is 5.68. The zero-order chi connectivity index (χ0) is 15.7. The van der Waals surface area contributed by atoms with Gasteiger partial charge in [-0.25, -0.2) is 9.67 Å². The Labute approximate surface area is 129 Å². The molecule has 2 aromatic heterocycles. The van der Waals surface area contributed by atoms with E-state index in [0.29, 0.717) is 5.56 Å². The van der Waals surface area contributed by atoms with Gasteiger partial charge in [-0.3, -0.25) is 0 Å². The maximum Gasteiger partial charge on any atom is 0.216 e. The summed E-state index contributed by atoms with van der Waals surface area (Å²) in [5.41, 5.74) is 2.66. The van der Waals surface area contributed by atoms with Crippen LogP contribution in [0.15, 0.2) is 18.3 Å². The Balaban J connectivity index is 2.07. The fourth-order valence-electron chi connectivity index (χ4n) is 3.31. The van der Waals surface area contributed by atoms with Crippen molar-refractivity contribution in [3.8, 4) is 11.9 Å². The molecule has 0 amide bonds. The zero-order valence-corrected chi connectivity index (χ0v) is 13.1. The monoisotopic (exact) mass is 297 g/mol. The van der Waals surface area contributed by atoms with E-state index in [-0.39, 0.29) is 6.04 Å². The van der Waals surface area contributed by atoms with Gasteiger partial charge in [-0.15, -0.1) is 0 Å². The van der Waals surface area contributed by atoms with Crippen LogP contribution in [-0.4, -0.2) is 28.4 Å². The van der Waals surface area contributed by atoms with E-state index >= 15 is 0 Å². The van der Waals surface area contributed by atoms with Crippen LogP contribution in [0.1, 0.15) is 35.7 Å². The van der Waals surface area contributed by atoms with Gasteiger partial charge in [-0.2, -0.15) is 10.4 Å². The molecule has 3 rings (SSSR count). The summed E-state index contributed by atoms with van der Waals surface area (Å²) in [7, 11) is 3.55. The van der Waals surface area contributed by atoms with Crippen LogP contribution in [0, 0.1) is 18.3 Å². The molecule has 0 saturated carbocycles. The molecule has 6 heteroatoms. The molecule has 6 nitrogen and oxygen atoms in total. The van der Waals surface area contributed by atoms with E-state index in [4.69, 9.17) is 4.74 Å². The average Bonchev–Trinajstić information content (AvgIpc) is 3.10. The summed E-state index contributed by atoms with van der Waals surface area (Å²) in [6.45, 7) is 2.88. The Morgan fingerprint density at radius 3 is 3.00 bits per heavy atom. The fraction of sp³-hybridized carbons (Fsp3) is 0.438. The molecule has 3 heterocycles. The minimum atomic E-state index is 0.144. The van der Waals surface area contributed by atoms with Crippen LogP contribution in [0.3, 0.4) is 0 Å². The quantitative estimate of drug-likeness (QED) is 0.870. The van der Waals surface area contributed by atoms with Gasteiger partial charge in [0.1, 0.15) is 11.9 Å². The van der Waals surface area contributed by atoms with Gasteiger partial charge in [-0.1, -0.05) is 0 Å². The van der Waals surface area contributed by atoms with Crippen LogP contribution in [0.5, 0.6) is 5.88 Å². The minimum Gasteiger partial charge on any atom is -0.481 e. The highest BCUT2D eigenvalue weighted by molar-refractivity contribution is 5.56. The van der Waals surface area contributed by atoms with Crippen molar-refractivity contribution < 1.29 is 4.74 Å². The topological polar surface area (TPSA) is 67.0 Å². The van der Waals surface area contributed by atoms with E-state index < -0.39 is 0 Å². The molecule has 1 fully saturated rings. The van der Waals surface area contributed by atoms with Crippen molar-refractivity contribution in [1.82, 2.24) is 14.8 Å². The molecule has 1 unspecified atom stereocenters. The largest absolute Gasteiger partial charge is 0.481 e. The Hall–Kier alpha value is -2.55. The molecule has 0 N–H and O–H groups in total. The minimum absolute atomic E-state index is 0.144. The molecule has 0 radical (unpaired) electrons. The van der Waals surface area contributed by atoms with Crippen LogP contribution in [0.25, 0.3) is 0 Å². The number of aromatic nitrogens is 3. The summed E-state index contributed by atoms with van der Waals surface area (Å²) in [5.74, 6) is 1.53. The van der Waals surface area contributed by atoms with Crippen molar-refractivity contribution >= 4 is 5.82 Å². The van der Waals surface area contributed by atoms with E-state index in [1.807, 2.05) is 20.0 Å². The second-order valence-electron chi connectivity index (χ2n) is 5.47. The lowest BCUT2D eigenvalue weighted by molar-refractivity contribution is 0.366. The molecule has 0 spiro atoms. The first kappa shape index (κ1) is 14.4. The molecule has 1 saturated heterocycles. The SMILES string of the molecule is COc1c(C2CCCN2c2ncccc2C#N)c(C)nn1C. The summed E-state index contributed by atoms with van der Waals surface area (Å²) in [6, 6.07) is 5.99. The number of nitriles is 1. The van der Waals surface area contributed by atoms with Gasteiger partial charge >= 0.3 is 0 Å². The van der Waals surface area contributed by atoms with Crippen molar-refractivity contribution in [3.05, 3.63) is 35.2 Å². The van der Waals surface area contributed by atoms with E-state index in [1.54, 1.807) is 24.1 Å². The summed E-state index contributed by atoms with van der Waals surface area (Å²) in [5, 5.41) is 13.8. The number of hydrogen-bond donors (Lipinski definition) is 0. The van der Waals surface area contributed by atoms with Crippen LogP contribution < -0.4 is 9.64 Å². The maximum atomic E-state index is 9.34. The summed E-state index contributed by atoms with van der Waals surface area (Å²) in [6.07, 6.45) is 3.80. The standard InChI is InChI=1S/C16H19N5O/c1-11-14(16(22-3)20(2)19-11)13-7-5-9-21(13)15-12(10-17)6-4-8-18-15/h4,6,8,13H,5,7,9H2,1-3H3. The number of anilines is 1. The van der Waals surface area contributed by atoms with Gasteiger partial charge in [0.2, 0.25) is 5.88 Å². The summed E-state index contributed by atoms with van der Waals surface area (Å²) >= 11 is 0. The van der Waals surface area contributed by atoms with E-state index in [1.165, 1.54) is 0 Å². The van der Waals surface area contributed by atoms with Crippen molar-refractivity contribution in [1.29, 1.82) is 5.26 Å².